The molecule has 0 aromatic heterocycles. The number of rotatable bonds is 4. The van der Waals surface area contributed by atoms with E-state index in [1.54, 1.807) is 0 Å². The molecule has 2 aromatic carbocycles. The van der Waals surface area contributed by atoms with E-state index >= 15 is 0 Å². The highest BCUT2D eigenvalue weighted by molar-refractivity contribution is 6.39. The van der Waals surface area contributed by atoms with Crippen LogP contribution in [0, 0.1) is 44.4 Å². The van der Waals surface area contributed by atoms with Gasteiger partial charge in [-0.15, -0.1) is 0 Å². The number of hydrogen-bond acceptors (Lipinski definition) is 8. The molecule has 38 heavy (non-hydrogen) atoms. The first-order chi connectivity index (χ1) is 17.6. The van der Waals surface area contributed by atoms with Crippen LogP contribution in [0.1, 0.15) is 25.0 Å². The molecular weight excluding hydrogens is 517 g/mol. The summed E-state index contributed by atoms with van der Waals surface area (Å²) in [6.45, 7) is 3.70. The minimum Gasteiger partial charge on any atom is -0.274 e. The Morgan fingerprint density at radius 3 is 1.63 bits per heavy atom. The first kappa shape index (κ1) is 26.4. The number of amides is 4. The minimum atomic E-state index is -5.22. The summed E-state index contributed by atoms with van der Waals surface area (Å²) < 4.78 is 41.5. The lowest BCUT2D eigenvalue weighted by Crippen LogP contribution is -2.46. The monoisotopic (exact) mass is 534 g/mol. The topological polar surface area (TPSA) is 161 Å². The summed E-state index contributed by atoms with van der Waals surface area (Å²) in [4.78, 5) is 75.1. The molecule has 1 spiro atoms. The number of nitro benzene ring substituents is 2. The van der Waals surface area contributed by atoms with E-state index in [4.69, 9.17) is 0 Å². The van der Waals surface area contributed by atoms with Crippen LogP contribution in [-0.4, -0.2) is 33.5 Å². The van der Waals surface area contributed by atoms with Gasteiger partial charge in [-0.1, -0.05) is 13.8 Å². The maximum absolute atomic E-state index is 13.8. The Labute approximate surface area is 210 Å². The Bertz CT molecular complexity index is 1470. The molecule has 2 aromatic rings. The Kier molecular flexibility index (Phi) is 5.85. The molecule has 198 valence electrons. The zero-order valence-electron chi connectivity index (χ0n) is 19.8. The number of nitro groups is 2. The highest BCUT2D eigenvalue weighted by atomic mass is 19.4. The third-order valence-corrected chi connectivity index (χ3v) is 7.03. The molecule has 0 bridgehead atoms. The van der Waals surface area contributed by atoms with Crippen molar-refractivity contribution in [2.24, 2.45) is 17.3 Å². The molecule has 12 nitrogen and oxygen atoms in total. The van der Waals surface area contributed by atoms with E-state index in [2.05, 4.69) is 0 Å². The lowest BCUT2D eigenvalue weighted by atomic mass is 9.70. The number of aryl methyl sites for hydroxylation is 1. The maximum Gasteiger partial charge on any atom is 0.418 e. The van der Waals surface area contributed by atoms with Gasteiger partial charge in [0.2, 0.25) is 11.8 Å². The number of benzene rings is 2. The van der Waals surface area contributed by atoms with E-state index < -0.39 is 73.8 Å². The number of anilines is 2. The number of hydrogen-bond donors (Lipinski definition) is 0. The summed E-state index contributed by atoms with van der Waals surface area (Å²) in [5.41, 5.74) is -6.31. The van der Waals surface area contributed by atoms with E-state index in [0.29, 0.717) is 17.0 Å². The predicted octanol–water partition coefficient (Wildman–Crippen LogP) is 3.54. The van der Waals surface area contributed by atoms with Crippen LogP contribution in [0.15, 0.2) is 36.4 Å². The molecule has 0 saturated carbocycles. The summed E-state index contributed by atoms with van der Waals surface area (Å²) in [6.07, 6.45) is -5.22. The molecule has 2 fully saturated rings. The summed E-state index contributed by atoms with van der Waals surface area (Å²) >= 11 is 0. The highest BCUT2D eigenvalue weighted by Crippen LogP contribution is 2.54. The quantitative estimate of drug-likeness (QED) is 0.249. The number of imide groups is 2. The van der Waals surface area contributed by atoms with Crippen molar-refractivity contribution < 1.29 is 42.2 Å². The molecule has 15 heteroatoms. The lowest BCUT2D eigenvalue weighted by molar-refractivity contribution is -0.385. The number of halogens is 3. The average molecular weight is 534 g/mol. The molecule has 2 aliphatic heterocycles. The number of non-ortho nitro benzene ring substituents is 2. The fourth-order valence-electron chi connectivity index (χ4n) is 5.07. The normalized spacial score (nSPS) is 23.6. The van der Waals surface area contributed by atoms with Crippen LogP contribution in [0.3, 0.4) is 0 Å². The molecule has 2 heterocycles. The minimum absolute atomic E-state index is 0.0912. The van der Waals surface area contributed by atoms with Gasteiger partial charge in [-0.05, 0) is 24.6 Å². The van der Waals surface area contributed by atoms with Gasteiger partial charge in [-0.2, -0.15) is 13.2 Å². The van der Waals surface area contributed by atoms with Crippen LogP contribution in [-0.2, 0) is 25.4 Å². The molecule has 0 radical (unpaired) electrons. The number of carbonyl (C=O) groups is 4. The summed E-state index contributed by atoms with van der Waals surface area (Å²) in [5, 5.41) is 22.1. The second-order valence-electron chi connectivity index (χ2n) is 8.95. The van der Waals surface area contributed by atoms with Crippen molar-refractivity contribution in [1.29, 1.82) is 0 Å². The summed E-state index contributed by atoms with van der Waals surface area (Å²) in [6, 6.07) is 4.68. The summed E-state index contributed by atoms with van der Waals surface area (Å²) in [5.74, 6) is -7.77. The second kappa shape index (κ2) is 8.43. The Morgan fingerprint density at radius 1 is 0.789 bits per heavy atom. The van der Waals surface area contributed by atoms with E-state index in [1.807, 2.05) is 0 Å². The molecule has 0 N–H and O–H groups in total. The van der Waals surface area contributed by atoms with Crippen molar-refractivity contribution in [2.75, 3.05) is 9.80 Å². The fraction of sp³-hybridized carbons (Fsp3) is 0.304. The SMILES string of the molecule is Cc1cc([N+](=O)[O-])ccc1N1C(=O)C(C)[C@]2(C1=O)C(=O)N(c1ccc([N+](=O)[O-])cc1C(F)(F)F)C(=O)[C@@H]2C. The van der Waals surface area contributed by atoms with Gasteiger partial charge in [0.05, 0.1) is 38.6 Å². The standard InChI is InChI=1S/C23H17F3N4O8/c1-10-8-13(29(35)36)4-6-16(10)27-18(31)11(2)22(20(27)33)12(3)19(32)28(21(22)34)17-7-5-14(30(37)38)9-15(17)23(24,25)26/h4-9,11-12H,1-3H3/t11?,12-,22-/m0/s1. The van der Waals surface area contributed by atoms with Crippen molar-refractivity contribution in [1.82, 2.24) is 0 Å². The van der Waals surface area contributed by atoms with Crippen molar-refractivity contribution in [3.63, 3.8) is 0 Å². The van der Waals surface area contributed by atoms with Crippen molar-refractivity contribution in [3.05, 3.63) is 67.8 Å². The first-order valence-corrected chi connectivity index (χ1v) is 10.9. The molecule has 2 aliphatic rings. The lowest BCUT2D eigenvalue weighted by Gasteiger charge is -2.26. The van der Waals surface area contributed by atoms with Gasteiger partial charge in [0, 0.05) is 24.3 Å². The molecule has 4 amide bonds. The van der Waals surface area contributed by atoms with Gasteiger partial charge in [0.25, 0.3) is 23.2 Å². The summed E-state index contributed by atoms with van der Waals surface area (Å²) in [7, 11) is 0. The van der Waals surface area contributed by atoms with Gasteiger partial charge in [0.1, 0.15) is 0 Å². The van der Waals surface area contributed by atoms with Gasteiger partial charge in [-0.25, -0.2) is 9.80 Å². The first-order valence-electron chi connectivity index (χ1n) is 10.9. The molecule has 2 saturated heterocycles. The van der Waals surface area contributed by atoms with E-state index in [1.165, 1.54) is 13.8 Å². The number of carbonyl (C=O) groups excluding carboxylic acids is 4. The molecule has 3 atom stereocenters. The molecule has 0 aliphatic carbocycles. The Balaban J connectivity index is 1.87. The van der Waals surface area contributed by atoms with Gasteiger partial charge >= 0.3 is 6.18 Å². The van der Waals surface area contributed by atoms with E-state index in [0.717, 1.165) is 25.1 Å². The molecule has 1 unspecified atom stereocenters. The highest BCUT2D eigenvalue weighted by Gasteiger charge is 2.72. The largest absolute Gasteiger partial charge is 0.418 e. The van der Waals surface area contributed by atoms with Crippen LogP contribution < -0.4 is 9.80 Å². The van der Waals surface area contributed by atoms with Gasteiger partial charge in [0.15, 0.2) is 5.41 Å². The van der Waals surface area contributed by atoms with Crippen LogP contribution in [0.5, 0.6) is 0 Å². The van der Waals surface area contributed by atoms with Crippen LogP contribution in [0.4, 0.5) is 35.9 Å². The zero-order chi connectivity index (χ0) is 28.5. The van der Waals surface area contributed by atoms with Crippen molar-refractivity contribution >= 4 is 46.4 Å². The van der Waals surface area contributed by atoms with Crippen LogP contribution in [0.25, 0.3) is 0 Å². The third-order valence-electron chi connectivity index (χ3n) is 7.03. The average Bonchev–Trinajstić information content (AvgIpc) is 3.15. The van der Waals surface area contributed by atoms with E-state index in [9.17, 15) is 52.6 Å². The van der Waals surface area contributed by atoms with Crippen molar-refractivity contribution in [2.45, 2.75) is 26.9 Å². The zero-order valence-corrected chi connectivity index (χ0v) is 19.8. The van der Waals surface area contributed by atoms with Crippen LogP contribution in [0.2, 0.25) is 0 Å². The number of alkyl halides is 3. The van der Waals surface area contributed by atoms with Crippen LogP contribution >= 0.6 is 0 Å². The van der Waals surface area contributed by atoms with Gasteiger partial charge < -0.3 is 0 Å². The fourth-order valence-corrected chi connectivity index (χ4v) is 5.07. The second-order valence-corrected chi connectivity index (χ2v) is 8.95. The van der Waals surface area contributed by atoms with E-state index in [-0.39, 0.29) is 27.9 Å². The predicted molar refractivity (Wildman–Crippen MR) is 122 cm³/mol. The molecular formula is C23H17F3N4O8. The van der Waals surface area contributed by atoms with Gasteiger partial charge in [-0.3, -0.25) is 39.4 Å². The van der Waals surface area contributed by atoms with Crippen molar-refractivity contribution in [3.8, 4) is 0 Å². The maximum atomic E-state index is 13.8. The molecule has 4 rings (SSSR count). The third kappa shape index (κ3) is 3.45. The number of nitrogens with zero attached hydrogens (tertiary/aromatic N) is 4. The smallest absolute Gasteiger partial charge is 0.274 e. The Morgan fingerprint density at radius 2 is 1.21 bits per heavy atom. The Hall–Kier alpha value is -4.69.